The molecule has 0 unspecified atom stereocenters. The highest BCUT2D eigenvalue weighted by molar-refractivity contribution is 7.98. The van der Waals surface area contributed by atoms with E-state index in [1.807, 2.05) is 24.3 Å². The molecule has 0 fully saturated rings. The van der Waals surface area contributed by atoms with Gasteiger partial charge in [-0.25, -0.2) is 4.98 Å². The maximum Gasteiger partial charge on any atom is 0.124 e. The van der Waals surface area contributed by atoms with E-state index in [0.29, 0.717) is 0 Å². The molecule has 2 rings (SSSR count). The number of nitrogens with zero attached hydrogens (tertiary/aromatic N) is 2. The van der Waals surface area contributed by atoms with Gasteiger partial charge in [-0.2, -0.15) is 0 Å². The van der Waals surface area contributed by atoms with Crippen LogP contribution in [0.5, 0.6) is 0 Å². The lowest BCUT2D eigenvalue weighted by molar-refractivity contribution is 0.414. The Morgan fingerprint density at radius 3 is 3.00 bits per heavy atom. The zero-order valence-corrected chi connectivity index (χ0v) is 7.70. The Kier molecular flexibility index (Phi) is 2.62. The second-order valence-corrected chi connectivity index (χ2v) is 3.44. The highest BCUT2D eigenvalue weighted by atomic mass is 32.2. The maximum absolute atomic E-state index is 4.72. The van der Waals surface area contributed by atoms with Crippen LogP contribution in [0.4, 0.5) is 0 Å². The van der Waals surface area contributed by atoms with Crippen LogP contribution < -0.4 is 0 Å². The van der Waals surface area contributed by atoms with Crippen LogP contribution in [0, 0.1) is 0 Å². The van der Waals surface area contributed by atoms with Crippen LogP contribution in [0.2, 0.25) is 0 Å². The smallest absolute Gasteiger partial charge is 0.124 e. The summed E-state index contributed by atoms with van der Waals surface area (Å²) in [5, 5.41) is 4.81. The second-order valence-electron chi connectivity index (χ2n) is 2.45. The summed E-state index contributed by atoms with van der Waals surface area (Å²) < 4.78 is 4.72. The van der Waals surface area contributed by atoms with Crippen molar-refractivity contribution in [1.82, 2.24) is 10.1 Å². The third kappa shape index (κ3) is 2.32. The molecule has 0 amide bonds. The van der Waals surface area contributed by atoms with Crippen LogP contribution >= 0.6 is 11.8 Å². The first-order valence-electron chi connectivity index (χ1n) is 3.88. The van der Waals surface area contributed by atoms with Gasteiger partial charge in [-0.15, -0.1) is 0 Å². The third-order valence-corrected chi connectivity index (χ3v) is 2.47. The van der Waals surface area contributed by atoms with Crippen molar-refractivity contribution >= 4 is 11.8 Å². The standard InChI is InChI=1S/C9H8N2OS/c1-2-5-10-9(3-1)13-7-8-4-6-12-11-8/h1-6H,7H2. The van der Waals surface area contributed by atoms with Crippen LogP contribution in [-0.2, 0) is 5.75 Å². The van der Waals surface area contributed by atoms with Crippen molar-refractivity contribution in [3.05, 3.63) is 42.4 Å². The van der Waals surface area contributed by atoms with E-state index in [1.165, 1.54) is 0 Å². The topological polar surface area (TPSA) is 38.9 Å². The van der Waals surface area contributed by atoms with Crippen molar-refractivity contribution in [3.8, 4) is 0 Å². The Bertz CT molecular complexity index is 347. The van der Waals surface area contributed by atoms with E-state index in [0.717, 1.165) is 16.5 Å². The van der Waals surface area contributed by atoms with E-state index < -0.39 is 0 Å². The van der Waals surface area contributed by atoms with E-state index in [4.69, 9.17) is 4.52 Å². The number of rotatable bonds is 3. The van der Waals surface area contributed by atoms with Gasteiger partial charge in [-0.1, -0.05) is 23.0 Å². The van der Waals surface area contributed by atoms with Gasteiger partial charge in [0.2, 0.25) is 0 Å². The van der Waals surface area contributed by atoms with Crippen molar-refractivity contribution in [3.63, 3.8) is 0 Å². The Labute approximate surface area is 80.2 Å². The molecular formula is C9H8N2OS. The molecule has 0 radical (unpaired) electrons. The minimum Gasteiger partial charge on any atom is -0.364 e. The summed E-state index contributed by atoms with van der Waals surface area (Å²) in [6, 6.07) is 7.71. The highest BCUT2D eigenvalue weighted by Crippen LogP contribution is 2.18. The summed E-state index contributed by atoms with van der Waals surface area (Å²) >= 11 is 1.64. The predicted molar refractivity (Wildman–Crippen MR) is 50.3 cm³/mol. The molecule has 0 aromatic carbocycles. The van der Waals surface area contributed by atoms with Crippen LogP contribution in [-0.4, -0.2) is 10.1 Å². The minimum atomic E-state index is 0.799. The first-order chi connectivity index (χ1) is 6.45. The van der Waals surface area contributed by atoms with Gasteiger partial charge >= 0.3 is 0 Å². The summed E-state index contributed by atoms with van der Waals surface area (Å²) in [6.45, 7) is 0. The maximum atomic E-state index is 4.72. The average Bonchev–Trinajstić information content (AvgIpc) is 2.69. The highest BCUT2D eigenvalue weighted by Gasteiger charge is 1.98. The summed E-state index contributed by atoms with van der Waals surface area (Å²) in [5.74, 6) is 0.799. The fourth-order valence-electron chi connectivity index (χ4n) is 0.892. The van der Waals surface area contributed by atoms with Crippen LogP contribution in [0.25, 0.3) is 0 Å². The monoisotopic (exact) mass is 192 g/mol. The van der Waals surface area contributed by atoms with Gasteiger partial charge in [-0.3, -0.25) is 0 Å². The van der Waals surface area contributed by atoms with Crippen molar-refractivity contribution in [2.24, 2.45) is 0 Å². The second kappa shape index (κ2) is 4.09. The first-order valence-corrected chi connectivity index (χ1v) is 4.87. The fraction of sp³-hybridized carbons (Fsp3) is 0.111. The predicted octanol–water partition coefficient (Wildman–Crippen LogP) is 2.36. The number of thioether (sulfide) groups is 1. The molecule has 0 aliphatic carbocycles. The number of hydrogen-bond acceptors (Lipinski definition) is 4. The summed E-state index contributed by atoms with van der Waals surface area (Å²) in [7, 11) is 0. The molecule has 2 heterocycles. The molecule has 0 N–H and O–H groups in total. The molecule has 4 heteroatoms. The minimum absolute atomic E-state index is 0.799. The first kappa shape index (κ1) is 8.31. The van der Waals surface area contributed by atoms with Gasteiger partial charge in [0, 0.05) is 18.0 Å². The van der Waals surface area contributed by atoms with Crippen LogP contribution in [0.1, 0.15) is 5.69 Å². The molecule has 0 atom stereocenters. The summed E-state index contributed by atoms with van der Waals surface area (Å²) in [4.78, 5) is 4.18. The largest absolute Gasteiger partial charge is 0.364 e. The summed E-state index contributed by atoms with van der Waals surface area (Å²) in [6.07, 6.45) is 3.36. The van der Waals surface area contributed by atoms with E-state index in [9.17, 15) is 0 Å². The Morgan fingerprint density at radius 1 is 1.31 bits per heavy atom. The lowest BCUT2D eigenvalue weighted by Gasteiger charge is -1.95. The van der Waals surface area contributed by atoms with Crippen molar-refractivity contribution in [2.45, 2.75) is 10.8 Å². The molecule has 66 valence electrons. The lowest BCUT2D eigenvalue weighted by Crippen LogP contribution is -1.81. The summed E-state index contributed by atoms with van der Waals surface area (Å²) in [5.41, 5.74) is 0.940. The normalized spacial score (nSPS) is 10.2. The Hall–Kier alpha value is -1.29. The van der Waals surface area contributed by atoms with Crippen LogP contribution in [0.3, 0.4) is 0 Å². The molecule has 2 aromatic rings. The van der Waals surface area contributed by atoms with Gasteiger partial charge in [0.05, 0.1) is 10.7 Å². The molecule has 0 saturated carbocycles. The van der Waals surface area contributed by atoms with Crippen molar-refractivity contribution < 1.29 is 4.52 Å². The van der Waals surface area contributed by atoms with E-state index >= 15 is 0 Å². The SMILES string of the molecule is c1ccc(SCc2ccon2)nc1. The molecular weight excluding hydrogens is 184 g/mol. The quantitative estimate of drug-likeness (QED) is 0.700. The van der Waals surface area contributed by atoms with E-state index in [2.05, 4.69) is 10.1 Å². The third-order valence-electron chi connectivity index (χ3n) is 1.50. The molecule has 0 saturated heterocycles. The average molecular weight is 192 g/mol. The van der Waals surface area contributed by atoms with Crippen LogP contribution in [0.15, 0.2) is 46.3 Å². The van der Waals surface area contributed by atoms with Gasteiger partial charge in [0.1, 0.15) is 6.26 Å². The van der Waals surface area contributed by atoms with E-state index in [-0.39, 0.29) is 0 Å². The lowest BCUT2D eigenvalue weighted by atomic mass is 10.5. The Morgan fingerprint density at radius 2 is 2.31 bits per heavy atom. The molecule has 0 aliphatic rings. The molecule has 13 heavy (non-hydrogen) atoms. The zero-order valence-electron chi connectivity index (χ0n) is 6.88. The van der Waals surface area contributed by atoms with Gasteiger partial charge in [0.15, 0.2) is 0 Å². The van der Waals surface area contributed by atoms with E-state index in [1.54, 1.807) is 24.2 Å². The zero-order chi connectivity index (χ0) is 8.93. The molecule has 0 spiro atoms. The van der Waals surface area contributed by atoms with Gasteiger partial charge < -0.3 is 4.52 Å². The fourth-order valence-corrected chi connectivity index (χ4v) is 1.65. The van der Waals surface area contributed by atoms with Crippen molar-refractivity contribution in [1.29, 1.82) is 0 Å². The number of hydrogen-bond donors (Lipinski definition) is 0. The van der Waals surface area contributed by atoms with Gasteiger partial charge in [-0.05, 0) is 12.1 Å². The van der Waals surface area contributed by atoms with Gasteiger partial charge in [0.25, 0.3) is 0 Å². The number of pyridine rings is 1. The molecule has 2 aromatic heterocycles. The molecule has 0 aliphatic heterocycles. The van der Waals surface area contributed by atoms with Crippen molar-refractivity contribution in [2.75, 3.05) is 0 Å². The molecule has 0 bridgehead atoms. The number of aromatic nitrogens is 2. The Balaban J connectivity index is 1.94. The molecule has 3 nitrogen and oxygen atoms in total.